The highest BCUT2D eigenvalue weighted by Gasteiger charge is 2.28. The van der Waals surface area contributed by atoms with Crippen molar-refractivity contribution < 1.29 is 19.2 Å². The van der Waals surface area contributed by atoms with Gasteiger partial charge in [0.05, 0.1) is 16.1 Å². The maximum atomic E-state index is 12.0. The lowest BCUT2D eigenvalue weighted by Crippen LogP contribution is -2.03. The molecule has 1 aliphatic rings. The van der Waals surface area contributed by atoms with Crippen LogP contribution in [0.3, 0.4) is 0 Å². The second-order valence-electron chi connectivity index (χ2n) is 4.68. The van der Waals surface area contributed by atoms with E-state index in [1.165, 1.54) is 25.1 Å². The largest absolute Gasteiger partial charge is 0.426 e. The lowest BCUT2D eigenvalue weighted by Gasteiger charge is -2.05. The smallest absolute Gasteiger partial charge is 0.308 e. The first kappa shape index (κ1) is 14.6. The molecule has 0 aromatic heterocycles. The summed E-state index contributed by atoms with van der Waals surface area (Å²) < 4.78 is 5.06. The van der Waals surface area contributed by atoms with Crippen molar-refractivity contribution in [3.05, 3.63) is 56.8 Å². The summed E-state index contributed by atoms with van der Waals surface area (Å²) in [5, 5.41) is 11.0. The fourth-order valence-electron chi connectivity index (χ4n) is 2.14. The summed E-state index contributed by atoms with van der Waals surface area (Å²) in [6, 6.07) is 6.08. The Morgan fingerprint density at radius 1 is 1.38 bits per heavy atom. The Morgan fingerprint density at radius 2 is 2.05 bits per heavy atom. The minimum absolute atomic E-state index is 0.107. The third-order valence-electron chi connectivity index (χ3n) is 3.04. The highest BCUT2D eigenvalue weighted by atomic mass is 16.6. The number of allylic oxidation sites excluding steroid dienone is 2. The van der Waals surface area contributed by atoms with Gasteiger partial charge in [-0.3, -0.25) is 19.7 Å². The number of hydrogen-bond donors (Lipinski definition) is 0. The zero-order valence-corrected chi connectivity index (χ0v) is 11.6. The number of rotatable bonds is 3. The average molecular weight is 287 g/mol. The molecule has 1 aromatic rings. The Labute approximate surface area is 120 Å². The van der Waals surface area contributed by atoms with E-state index in [4.69, 9.17) is 4.74 Å². The summed E-state index contributed by atoms with van der Waals surface area (Å²) >= 11 is 0. The van der Waals surface area contributed by atoms with Crippen LogP contribution < -0.4 is 0 Å². The maximum absolute atomic E-state index is 12.0. The zero-order valence-electron chi connectivity index (χ0n) is 11.6. The predicted molar refractivity (Wildman–Crippen MR) is 75.2 cm³/mol. The van der Waals surface area contributed by atoms with Crippen LogP contribution in [0.5, 0.6) is 0 Å². The number of ketones is 1. The number of para-hydroxylation sites is 1. The normalized spacial score (nSPS) is 16.5. The number of ether oxygens (including phenoxy) is 1. The Kier molecular flexibility index (Phi) is 3.98. The molecule has 1 aromatic carbocycles. The van der Waals surface area contributed by atoms with Crippen LogP contribution in [0.2, 0.25) is 0 Å². The summed E-state index contributed by atoms with van der Waals surface area (Å²) in [6.45, 7) is 2.93. The van der Waals surface area contributed by atoms with Crippen LogP contribution in [0.4, 0.5) is 5.69 Å². The lowest BCUT2D eigenvalue weighted by molar-refractivity contribution is -0.385. The molecule has 0 aliphatic heterocycles. The van der Waals surface area contributed by atoms with Crippen molar-refractivity contribution in [2.75, 3.05) is 0 Å². The Morgan fingerprint density at radius 3 is 2.67 bits per heavy atom. The van der Waals surface area contributed by atoms with Crippen LogP contribution in [-0.4, -0.2) is 16.7 Å². The summed E-state index contributed by atoms with van der Waals surface area (Å²) in [6.07, 6.45) is 1.55. The molecule has 21 heavy (non-hydrogen) atoms. The van der Waals surface area contributed by atoms with Gasteiger partial charge in [-0.1, -0.05) is 12.1 Å². The molecule has 0 radical (unpaired) electrons. The van der Waals surface area contributed by atoms with E-state index < -0.39 is 10.9 Å². The van der Waals surface area contributed by atoms with Crippen molar-refractivity contribution in [1.29, 1.82) is 0 Å². The molecule has 0 bridgehead atoms. The third-order valence-corrected chi connectivity index (χ3v) is 3.04. The van der Waals surface area contributed by atoms with Gasteiger partial charge < -0.3 is 4.74 Å². The molecule has 0 saturated heterocycles. The van der Waals surface area contributed by atoms with Gasteiger partial charge in [0.1, 0.15) is 5.76 Å². The lowest BCUT2D eigenvalue weighted by atomic mass is 10.1. The van der Waals surface area contributed by atoms with E-state index >= 15 is 0 Å². The minimum Gasteiger partial charge on any atom is -0.426 e. The first-order valence-electron chi connectivity index (χ1n) is 6.27. The van der Waals surface area contributed by atoms with E-state index in [9.17, 15) is 19.7 Å². The van der Waals surface area contributed by atoms with E-state index in [1.807, 2.05) is 0 Å². The fourth-order valence-corrected chi connectivity index (χ4v) is 2.14. The average Bonchev–Trinajstić information content (AvgIpc) is 2.65. The molecule has 0 atom stereocenters. The van der Waals surface area contributed by atoms with Crippen molar-refractivity contribution in [3.63, 3.8) is 0 Å². The van der Waals surface area contributed by atoms with E-state index in [0.29, 0.717) is 11.1 Å². The van der Waals surface area contributed by atoms with Crippen LogP contribution in [0.1, 0.15) is 25.8 Å². The second kappa shape index (κ2) is 5.70. The number of carbonyl (C=O) groups excluding carboxylic acids is 2. The van der Waals surface area contributed by atoms with Crippen molar-refractivity contribution >= 4 is 23.5 Å². The molecule has 108 valence electrons. The molecule has 6 nitrogen and oxygen atoms in total. The van der Waals surface area contributed by atoms with Crippen molar-refractivity contribution in [3.8, 4) is 0 Å². The van der Waals surface area contributed by atoms with Crippen LogP contribution in [0.15, 0.2) is 41.2 Å². The molecule has 0 fully saturated rings. The van der Waals surface area contributed by atoms with Crippen LogP contribution in [-0.2, 0) is 14.3 Å². The number of nitro benzene ring substituents is 1. The molecule has 0 saturated carbocycles. The molecule has 1 aliphatic carbocycles. The van der Waals surface area contributed by atoms with Gasteiger partial charge in [-0.25, -0.2) is 0 Å². The van der Waals surface area contributed by atoms with Crippen LogP contribution in [0.25, 0.3) is 6.08 Å². The van der Waals surface area contributed by atoms with Gasteiger partial charge in [-0.15, -0.1) is 0 Å². The summed E-state index contributed by atoms with van der Waals surface area (Å²) in [7, 11) is 0. The Balaban J connectivity index is 2.51. The molecule has 0 spiro atoms. The molecule has 6 heteroatoms. The third kappa shape index (κ3) is 3.05. The maximum Gasteiger partial charge on any atom is 0.308 e. The van der Waals surface area contributed by atoms with Gasteiger partial charge in [0.2, 0.25) is 0 Å². The van der Waals surface area contributed by atoms with Crippen LogP contribution in [0, 0.1) is 10.1 Å². The summed E-state index contributed by atoms with van der Waals surface area (Å²) in [4.78, 5) is 33.6. The predicted octanol–water partition coefficient (Wildman–Crippen LogP) is 2.79. The molecule has 0 N–H and O–H groups in total. The van der Waals surface area contributed by atoms with Gasteiger partial charge >= 0.3 is 5.97 Å². The van der Waals surface area contributed by atoms with Gasteiger partial charge in [0, 0.05) is 19.4 Å². The SMILES string of the molecule is CC(=O)OC1=C(C)CC(=O)C1=Cc1ccccc1[N+](=O)[O-]. The second-order valence-corrected chi connectivity index (χ2v) is 4.68. The number of esters is 1. The molecule has 0 heterocycles. The number of hydrogen-bond acceptors (Lipinski definition) is 5. The number of carbonyl (C=O) groups is 2. The minimum atomic E-state index is -0.535. The first-order valence-corrected chi connectivity index (χ1v) is 6.27. The standard InChI is InChI=1S/C15H13NO5/c1-9-7-14(18)12(15(9)21-10(2)17)8-11-5-3-4-6-13(11)16(19)20/h3-6,8H,7H2,1-2H3. The van der Waals surface area contributed by atoms with Crippen LogP contribution >= 0.6 is 0 Å². The van der Waals surface area contributed by atoms with Crippen molar-refractivity contribution in [2.45, 2.75) is 20.3 Å². The van der Waals surface area contributed by atoms with Gasteiger partial charge in [-0.2, -0.15) is 0 Å². The van der Waals surface area contributed by atoms with E-state index in [0.717, 1.165) is 0 Å². The molecule has 0 amide bonds. The number of benzene rings is 1. The highest BCUT2D eigenvalue weighted by Crippen LogP contribution is 2.32. The van der Waals surface area contributed by atoms with E-state index in [1.54, 1.807) is 19.1 Å². The molecule has 0 unspecified atom stereocenters. The Hall–Kier alpha value is -2.76. The first-order chi connectivity index (χ1) is 9.90. The summed E-state index contributed by atoms with van der Waals surface area (Å²) in [5.41, 5.74) is 1.02. The van der Waals surface area contributed by atoms with Crippen molar-refractivity contribution in [2.24, 2.45) is 0 Å². The molecular weight excluding hydrogens is 274 g/mol. The quantitative estimate of drug-likeness (QED) is 0.369. The van der Waals surface area contributed by atoms with Crippen molar-refractivity contribution in [1.82, 2.24) is 0 Å². The zero-order chi connectivity index (χ0) is 15.6. The van der Waals surface area contributed by atoms with Gasteiger partial charge in [0.15, 0.2) is 5.78 Å². The molecule has 2 rings (SSSR count). The molecular formula is C15H13NO5. The highest BCUT2D eigenvalue weighted by molar-refractivity contribution is 6.08. The number of nitro groups is 1. The van der Waals surface area contributed by atoms with Gasteiger partial charge in [0.25, 0.3) is 5.69 Å². The van der Waals surface area contributed by atoms with E-state index in [-0.39, 0.29) is 29.2 Å². The van der Waals surface area contributed by atoms with E-state index in [2.05, 4.69) is 0 Å². The van der Waals surface area contributed by atoms with Gasteiger partial charge in [-0.05, 0) is 24.6 Å². The number of nitrogens with zero attached hydrogens (tertiary/aromatic N) is 1. The monoisotopic (exact) mass is 287 g/mol. The topological polar surface area (TPSA) is 86.5 Å². The summed E-state index contributed by atoms with van der Waals surface area (Å²) in [5.74, 6) is -0.555. The fraction of sp³-hybridized carbons (Fsp3) is 0.200. The number of Topliss-reactive ketones (excluding diaryl/α,β-unsaturated/α-hetero) is 1. The Bertz CT molecular complexity index is 700.